The van der Waals surface area contributed by atoms with Gasteiger partial charge in [-0.3, -0.25) is 14.2 Å². The average molecular weight is 348 g/mol. The highest BCUT2D eigenvalue weighted by Crippen LogP contribution is 2.55. The van der Waals surface area contributed by atoms with Crippen molar-refractivity contribution < 1.29 is 23.2 Å². The van der Waals surface area contributed by atoms with E-state index in [1.807, 2.05) is 0 Å². The van der Waals surface area contributed by atoms with Crippen molar-refractivity contribution in [1.82, 2.24) is 0 Å². The van der Waals surface area contributed by atoms with E-state index in [4.69, 9.17) is 20.6 Å². The van der Waals surface area contributed by atoms with Gasteiger partial charge in [0.1, 0.15) is 0 Å². The van der Waals surface area contributed by atoms with Gasteiger partial charge in [-0.25, -0.2) is 0 Å². The highest BCUT2D eigenvalue weighted by atomic mass is 35.5. The molecule has 0 aliphatic carbocycles. The molecular formula is C14H19ClNO5P. The molecule has 1 unspecified atom stereocenters. The van der Waals surface area contributed by atoms with Crippen LogP contribution in [-0.4, -0.2) is 30.0 Å². The Kier molecular flexibility index (Phi) is 7.23. The minimum absolute atomic E-state index is 0.0951. The van der Waals surface area contributed by atoms with Gasteiger partial charge in [-0.15, -0.1) is 0 Å². The zero-order valence-corrected chi connectivity index (χ0v) is 14.3. The van der Waals surface area contributed by atoms with Crippen LogP contribution in [0.4, 0.5) is 5.69 Å². The van der Waals surface area contributed by atoms with Gasteiger partial charge in [-0.2, -0.15) is 0 Å². The molecule has 0 saturated carbocycles. The number of amides is 1. The van der Waals surface area contributed by atoms with Gasteiger partial charge in [0, 0.05) is 5.56 Å². The Labute approximate surface area is 134 Å². The molecule has 1 atom stereocenters. The van der Waals surface area contributed by atoms with E-state index in [-0.39, 0.29) is 19.0 Å². The van der Waals surface area contributed by atoms with Crippen molar-refractivity contribution in [1.29, 1.82) is 0 Å². The van der Waals surface area contributed by atoms with Crippen LogP contribution in [0.25, 0.3) is 0 Å². The summed E-state index contributed by atoms with van der Waals surface area (Å²) in [6.45, 7) is 4.82. The third-order valence-electron chi connectivity index (χ3n) is 2.68. The van der Waals surface area contributed by atoms with Gasteiger partial charge >= 0.3 is 7.60 Å². The Morgan fingerprint density at radius 2 is 1.77 bits per heavy atom. The number of para-hydroxylation sites is 1. The number of carbonyl (C=O) groups excluding carboxylic acids is 2. The number of rotatable bonds is 8. The number of hydrogen-bond donors (Lipinski definition) is 1. The lowest BCUT2D eigenvalue weighted by atomic mass is 10.1. The van der Waals surface area contributed by atoms with Gasteiger partial charge in [-0.05, 0) is 32.9 Å². The van der Waals surface area contributed by atoms with E-state index < -0.39 is 18.6 Å². The summed E-state index contributed by atoms with van der Waals surface area (Å²) in [5.41, 5.74) is 0.632. The molecule has 0 radical (unpaired) electrons. The predicted molar refractivity (Wildman–Crippen MR) is 85.6 cm³/mol. The van der Waals surface area contributed by atoms with Crippen molar-refractivity contribution in [2.24, 2.45) is 0 Å². The molecule has 0 aliphatic rings. The smallest absolute Gasteiger partial charge is 0.324 e. The van der Waals surface area contributed by atoms with E-state index in [2.05, 4.69) is 5.32 Å². The molecule has 22 heavy (non-hydrogen) atoms. The number of Topliss-reactive ketones (excluding diaryl/α,β-unsaturated/α-hetero) is 1. The Balaban J connectivity index is 2.97. The maximum absolute atomic E-state index is 12.5. The van der Waals surface area contributed by atoms with Crippen LogP contribution >= 0.6 is 19.2 Å². The highest BCUT2D eigenvalue weighted by molar-refractivity contribution is 7.57. The second-order valence-electron chi connectivity index (χ2n) is 4.30. The molecule has 6 nitrogen and oxygen atoms in total. The fourth-order valence-electron chi connectivity index (χ4n) is 1.76. The second kappa shape index (κ2) is 8.44. The van der Waals surface area contributed by atoms with E-state index in [9.17, 15) is 14.2 Å². The molecule has 122 valence electrons. The van der Waals surface area contributed by atoms with Gasteiger partial charge in [0.25, 0.3) is 5.91 Å². The van der Waals surface area contributed by atoms with Gasteiger partial charge in [0.2, 0.25) is 5.12 Å². The minimum Gasteiger partial charge on any atom is -0.324 e. The van der Waals surface area contributed by atoms with E-state index in [0.717, 1.165) is 0 Å². The van der Waals surface area contributed by atoms with Gasteiger partial charge in [-0.1, -0.05) is 23.7 Å². The van der Waals surface area contributed by atoms with Crippen LogP contribution in [0, 0.1) is 0 Å². The maximum Gasteiger partial charge on any atom is 0.357 e. The molecule has 0 fully saturated rings. The van der Waals surface area contributed by atoms with Crippen LogP contribution in [0.5, 0.6) is 0 Å². The van der Waals surface area contributed by atoms with Crippen molar-refractivity contribution in [3.63, 3.8) is 0 Å². The van der Waals surface area contributed by atoms with Crippen LogP contribution in [0.15, 0.2) is 24.3 Å². The van der Waals surface area contributed by atoms with E-state index in [1.54, 1.807) is 38.1 Å². The van der Waals surface area contributed by atoms with Crippen molar-refractivity contribution in [3.8, 4) is 0 Å². The maximum atomic E-state index is 12.5. The Morgan fingerprint density at radius 3 is 2.27 bits per heavy atom. The van der Waals surface area contributed by atoms with Crippen molar-refractivity contribution >= 4 is 36.6 Å². The average Bonchev–Trinajstić information content (AvgIpc) is 2.47. The Morgan fingerprint density at radius 1 is 1.23 bits per heavy atom. The molecule has 1 rings (SSSR count). The Bertz CT molecular complexity index is 582. The molecule has 0 heterocycles. The minimum atomic E-state index is -3.77. The third-order valence-corrected chi connectivity index (χ3v) is 5.62. The monoisotopic (exact) mass is 347 g/mol. The fraction of sp³-hybridized carbons (Fsp3) is 0.429. The first-order valence-electron chi connectivity index (χ1n) is 6.79. The molecular weight excluding hydrogens is 329 g/mol. The number of carbonyl (C=O) groups is 2. The summed E-state index contributed by atoms with van der Waals surface area (Å²) in [5, 5.41) is 0.983. The first kappa shape index (κ1) is 18.8. The van der Waals surface area contributed by atoms with Crippen LogP contribution in [0.3, 0.4) is 0 Å². The zero-order valence-electron chi connectivity index (χ0n) is 12.7. The molecule has 1 aromatic carbocycles. The number of hydrogen-bond acceptors (Lipinski definition) is 5. The number of halogens is 1. The lowest BCUT2D eigenvalue weighted by Crippen LogP contribution is -2.26. The van der Waals surface area contributed by atoms with Gasteiger partial charge < -0.3 is 14.4 Å². The van der Waals surface area contributed by atoms with Crippen LogP contribution in [0.1, 0.15) is 31.1 Å². The molecule has 0 aromatic heterocycles. The van der Waals surface area contributed by atoms with Crippen LogP contribution in [-0.2, 0) is 18.4 Å². The highest BCUT2D eigenvalue weighted by Gasteiger charge is 2.39. The lowest BCUT2D eigenvalue weighted by molar-refractivity contribution is -0.114. The molecule has 0 saturated heterocycles. The summed E-state index contributed by atoms with van der Waals surface area (Å²) >= 11 is 5.97. The summed E-state index contributed by atoms with van der Waals surface area (Å²) in [6.07, 6.45) is 0. The van der Waals surface area contributed by atoms with Crippen molar-refractivity contribution in [3.05, 3.63) is 29.8 Å². The van der Waals surface area contributed by atoms with Crippen molar-refractivity contribution in [2.45, 2.75) is 25.9 Å². The first-order chi connectivity index (χ1) is 10.4. The lowest BCUT2D eigenvalue weighted by Gasteiger charge is -2.21. The standard InChI is InChI=1S/C14H19ClNO5P/c1-4-20-22(19,21-5-2)13(15)14(18)16-12-9-7-6-8-11(12)10(3)17/h6-9,13H,4-5H2,1-3H3,(H,16,18). The quantitative estimate of drug-likeness (QED) is 0.441. The third kappa shape index (κ3) is 4.65. The molecule has 1 N–H and O–H groups in total. The first-order valence-corrected chi connectivity index (χ1v) is 8.84. The second-order valence-corrected chi connectivity index (χ2v) is 7.16. The van der Waals surface area contributed by atoms with Crippen LogP contribution < -0.4 is 5.32 Å². The SMILES string of the molecule is CCOP(=O)(OCC)C(Cl)C(=O)Nc1ccccc1C(C)=O. The van der Waals surface area contributed by atoms with Gasteiger partial charge in [0.15, 0.2) is 5.78 Å². The number of anilines is 1. The number of alkyl halides is 1. The largest absolute Gasteiger partial charge is 0.357 e. The van der Waals surface area contributed by atoms with E-state index in [0.29, 0.717) is 11.3 Å². The van der Waals surface area contributed by atoms with E-state index in [1.165, 1.54) is 6.92 Å². The predicted octanol–water partition coefficient (Wildman–Crippen LogP) is 3.66. The summed E-state index contributed by atoms with van der Waals surface area (Å²) in [7, 11) is -3.77. The fourth-order valence-corrected chi connectivity index (χ4v) is 3.56. The van der Waals surface area contributed by atoms with Crippen LogP contribution in [0.2, 0.25) is 0 Å². The number of nitrogens with one attached hydrogen (secondary N) is 1. The van der Waals surface area contributed by atoms with Gasteiger partial charge in [0.05, 0.1) is 18.9 Å². The molecule has 0 spiro atoms. The number of benzene rings is 1. The summed E-state index contributed by atoms with van der Waals surface area (Å²) in [5.74, 6) is -0.958. The number of ketones is 1. The molecule has 8 heteroatoms. The topological polar surface area (TPSA) is 81.7 Å². The summed E-state index contributed by atoms with van der Waals surface area (Å²) in [6, 6.07) is 6.47. The zero-order chi connectivity index (χ0) is 16.8. The normalized spacial score (nSPS) is 12.7. The molecule has 0 aliphatic heterocycles. The molecule has 1 amide bonds. The summed E-state index contributed by atoms with van der Waals surface area (Å²) < 4.78 is 22.5. The summed E-state index contributed by atoms with van der Waals surface area (Å²) in [4.78, 5) is 23.7. The Hall–Kier alpha value is -1.20. The molecule has 0 bridgehead atoms. The van der Waals surface area contributed by atoms with E-state index >= 15 is 0 Å². The molecule has 1 aromatic rings. The van der Waals surface area contributed by atoms with Crippen molar-refractivity contribution in [2.75, 3.05) is 18.5 Å².